The molecule has 3 heterocycles. The van der Waals surface area contributed by atoms with E-state index in [1.807, 2.05) is 18.2 Å². The molecule has 1 atom stereocenters. The lowest BCUT2D eigenvalue weighted by Crippen LogP contribution is -2.36. The highest BCUT2D eigenvalue weighted by atomic mass is 16.5. The van der Waals surface area contributed by atoms with Crippen molar-refractivity contribution in [2.75, 3.05) is 31.2 Å². The van der Waals surface area contributed by atoms with E-state index in [-0.39, 0.29) is 18.1 Å². The van der Waals surface area contributed by atoms with Gasteiger partial charge >= 0.3 is 0 Å². The summed E-state index contributed by atoms with van der Waals surface area (Å²) in [7, 11) is 0. The molecule has 0 spiro atoms. The van der Waals surface area contributed by atoms with E-state index in [2.05, 4.69) is 20.2 Å². The normalized spacial score (nSPS) is 20.6. The van der Waals surface area contributed by atoms with E-state index >= 15 is 0 Å². The molecule has 2 fully saturated rings. The maximum Gasteiger partial charge on any atom is 0.251 e. The zero-order valence-electron chi connectivity index (χ0n) is 15.2. The van der Waals surface area contributed by atoms with Crippen molar-refractivity contribution < 1.29 is 14.6 Å². The Labute approximate surface area is 158 Å². The number of carbonyl (C=O) groups is 1. The van der Waals surface area contributed by atoms with Crippen molar-refractivity contribution in [1.29, 1.82) is 0 Å². The molecule has 0 unspecified atom stereocenters. The lowest BCUT2D eigenvalue weighted by molar-refractivity contribution is 0.0930. The number of rotatable bonds is 4. The molecule has 0 saturated carbocycles. The molecule has 2 saturated heterocycles. The third-order valence-electron chi connectivity index (χ3n) is 5.10. The molecule has 1 aromatic carbocycles. The monoisotopic (exact) mass is 368 g/mol. The van der Waals surface area contributed by atoms with E-state index in [1.54, 1.807) is 18.3 Å². The zero-order valence-corrected chi connectivity index (χ0v) is 15.2. The fourth-order valence-corrected chi connectivity index (χ4v) is 3.45. The van der Waals surface area contributed by atoms with Crippen LogP contribution < -0.4 is 10.2 Å². The highest BCUT2D eigenvalue weighted by molar-refractivity contribution is 5.94. The minimum Gasteiger partial charge on any atom is -0.393 e. The number of aliphatic hydroxyl groups is 1. The molecule has 1 aromatic heterocycles. The summed E-state index contributed by atoms with van der Waals surface area (Å²) in [6, 6.07) is 9.34. The first-order valence-corrected chi connectivity index (χ1v) is 9.44. The average Bonchev–Trinajstić information content (AvgIpc) is 3.22. The second-order valence-corrected chi connectivity index (χ2v) is 7.07. The van der Waals surface area contributed by atoms with E-state index < -0.39 is 0 Å². The van der Waals surface area contributed by atoms with Crippen LogP contribution in [0.4, 0.5) is 5.82 Å². The highest BCUT2D eigenvalue weighted by Gasteiger charge is 2.20. The molecule has 142 valence electrons. The Kier molecular flexibility index (Phi) is 5.31. The number of hydrogen-bond donors (Lipinski definition) is 2. The number of amides is 1. The van der Waals surface area contributed by atoms with Gasteiger partial charge in [0.1, 0.15) is 5.82 Å². The van der Waals surface area contributed by atoms with Gasteiger partial charge in [0.25, 0.3) is 5.91 Å². The van der Waals surface area contributed by atoms with E-state index in [1.165, 1.54) is 0 Å². The third kappa shape index (κ3) is 4.26. The summed E-state index contributed by atoms with van der Waals surface area (Å²) < 4.78 is 5.29. The van der Waals surface area contributed by atoms with Crippen LogP contribution in [0, 0.1) is 0 Å². The highest BCUT2D eigenvalue weighted by Crippen LogP contribution is 2.22. The molecule has 7 nitrogen and oxygen atoms in total. The molecular weight excluding hydrogens is 344 g/mol. The number of ether oxygens (including phenoxy) is 1. The predicted octanol–water partition coefficient (Wildman–Crippen LogP) is 1.62. The van der Waals surface area contributed by atoms with Gasteiger partial charge in [-0.05, 0) is 37.5 Å². The van der Waals surface area contributed by atoms with Gasteiger partial charge < -0.3 is 20.1 Å². The van der Waals surface area contributed by atoms with Crippen molar-refractivity contribution in [3.63, 3.8) is 0 Å². The van der Waals surface area contributed by atoms with E-state index in [9.17, 15) is 9.90 Å². The molecule has 2 aromatic rings. The van der Waals surface area contributed by atoms with Crippen LogP contribution in [-0.2, 0) is 4.74 Å². The first kappa shape index (κ1) is 17.9. The Hall–Kier alpha value is -2.51. The van der Waals surface area contributed by atoms with Crippen LogP contribution in [0.1, 0.15) is 29.6 Å². The van der Waals surface area contributed by atoms with Crippen LogP contribution >= 0.6 is 0 Å². The SMILES string of the molecule is O=C(N[C@H]1CCOC1)c1ccc(-c2nccc(N3CCC(O)CC3)n2)cc1. The van der Waals surface area contributed by atoms with Gasteiger partial charge in [-0.2, -0.15) is 0 Å². The lowest BCUT2D eigenvalue weighted by Gasteiger charge is -2.30. The first-order chi connectivity index (χ1) is 13.2. The van der Waals surface area contributed by atoms with Crippen molar-refractivity contribution in [2.45, 2.75) is 31.4 Å². The second-order valence-electron chi connectivity index (χ2n) is 7.07. The van der Waals surface area contributed by atoms with E-state index in [0.717, 1.165) is 43.7 Å². The molecule has 1 amide bonds. The second kappa shape index (κ2) is 8.02. The minimum atomic E-state index is -0.211. The molecule has 0 aliphatic carbocycles. The van der Waals surface area contributed by atoms with Crippen LogP contribution in [0.3, 0.4) is 0 Å². The van der Waals surface area contributed by atoms with Crippen molar-refractivity contribution in [1.82, 2.24) is 15.3 Å². The summed E-state index contributed by atoms with van der Waals surface area (Å²) in [5.74, 6) is 1.42. The van der Waals surface area contributed by atoms with Crippen LogP contribution in [0.25, 0.3) is 11.4 Å². The molecule has 7 heteroatoms. The molecule has 2 N–H and O–H groups in total. The van der Waals surface area contributed by atoms with Gasteiger partial charge in [0.2, 0.25) is 0 Å². The summed E-state index contributed by atoms with van der Waals surface area (Å²) >= 11 is 0. The topological polar surface area (TPSA) is 87.6 Å². The molecule has 0 radical (unpaired) electrons. The number of aliphatic hydroxyl groups excluding tert-OH is 1. The van der Waals surface area contributed by atoms with Crippen LogP contribution in [-0.4, -0.2) is 59.4 Å². The van der Waals surface area contributed by atoms with Gasteiger partial charge in [0.15, 0.2) is 5.82 Å². The smallest absolute Gasteiger partial charge is 0.251 e. The number of anilines is 1. The minimum absolute atomic E-state index is 0.0846. The summed E-state index contributed by atoms with van der Waals surface area (Å²) in [6.07, 6.45) is 3.92. The Morgan fingerprint density at radius 3 is 2.63 bits per heavy atom. The number of nitrogens with zero attached hydrogens (tertiary/aromatic N) is 3. The largest absolute Gasteiger partial charge is 0.393 e. The number of benzene rings is 1. The number of hydrogen-bond acceptors (Lipinski definition) is 6. The summed E-state index contributed by atoms with van der Waals surface area (Å²) in [5, 5.41) is 12.7. The number of aromatic nitrogens is 2. The summed E-state index contributed by atoms with van der Waals surface area (Å²) in [4.78, 5) is 23.5. The molecule has 4 rings (SSSR count). The Bertz CT molecular complexity index is 782. The van der Waals surface area contributed by atoms with Crippen molar-refractivity contribution in [2.24, 2.45) is 0 Å². The molecule has 0 bridgehead atoms. The third-order valence-corrected chi connectivity index (χ3v) is 5.10. The molecule has 2 aliphatic rings. The van der Waals surface area contributed by atoms with Crippen LogP contribution in [0.15, 0.2) is 36.5 Å². The Morgan fingerprint density at radius 2 is 1.93 bits per heavy atom. The Balaban J connectivity index is 1.45. The first-order valence-electron chi connectivity index (χ1n) is 9.44. The van der Waals surface area contributed by atoms with Gasteiger partial charge in [0, 0.05) is 37.0 Å². The number of nitrogens with one attached hydrogen (secondary N) is 1. The number of piperidine rings is 1. The average molecular weight is 368 g/mol. The zero-order chi connectivity index (χ0) is 18.6. The van der Waals surface area contributed by atoms with Gasteiger partial charge in [-0.15, -0.1) is 0 Å². The van der Waals surface area contributed by atoms with Crippen LogP contribution in [0.5, 0.6) is 0 Å². The Morgan fingerprint density at radius 1 is 1.15 bits per heavy atom. The van der Waals surface area contributed by atoms with Crippen molar-refractivity contribution in [3.05, 3.63) is 42.1 Å². The van der Waals surface area contributed by atoms with E-state index in [4.69, 9.17) is 4.74 Å². The van der Waals surface area contributed by atoms with Crippen LogP contribution in [0.2, 0.25) is 0 Å². The molecule has 2 aliphatic heterocycles. The van der Waals surface area contributed by atoms with Crippen molar-refractivity contribution in [3.8, 4) is 11.4 Å². The predicted molar refractivity (Wildman–Crippen MR) is 102 cm³/mol. The summed E-state index contributed by atoms with van der Waals surface area (Å²) in [6.45, 7) is 2.87. The van der Waals surface area contributed by atoms with E-state index in [0.29, 0.717) is 24.6 Å². The maximum atomic E-state index is 12.3. The summed E-state index contributed by atoms with van der Waals surface area (Å²) in [5.41, 5.74) is 1.49. The molecular formula is C20H24N4O3. The lowest BCUT2D eigenvalue weighted by atomic mass is 10.1. The molecule has 27 heavy (non-hydrogen) atoms. The quantitative estimate of drug-likeness (QED) is 0.853. The fraction of sp³-hybridized carbons (Fsp3) is 0.450. The van der Waals surface area contributed by atoms with Gasteiger partial charge in [-0.25, -0.2) is 9.97 Å². The maximum absolute atomic E-state index is 12.3. The standard InChI is InChI=1S/C20H24N4O3/c25-17-6-10-24(11-7-17)18-5-9-21-19(23-18)14-1-3-15(4-2-14)20(26)22-16-8-12-27-13-16/h1-5,9,16-17,25H,6-8,10-13H2,(H,22,26)/t16-/m0/s1. The van der Waals surface area contributed by atoms with Gasteiger partial charge in [0.05, 0.1) is 18.8 Å². The fourth-order valence-electron chi connectivity index (χ4n) is 3.45. The number of carbonyl (C=O) groups excluding carboxylic acids is 1. The van der Waals surface area contributed by atoms with Gasteiger partial charge in [-0.3, -0.25) is 4.79 Å². The van der Waals surface area contributed by atoms with Crippen molar-refractivity contribution >= 4 is 11.7 Å². The van der Waals surface area contributed by atoms with Gasteiger partial charge in [-0.1, -0.05) is 12.1 Å².